The van der Waals surface area contributed by atoms with E-state index in [0.717, 1.165) is 28.2 Å². The molecule has 0 fully saturated rings. The molecule has 2 aromatic heterocycles. The number of fused-ring (bicyclic) bond motifs is 1. The molecule has 2 heterocycles. The molecule has 0 unspecified atom stereocenters. The Bertz CT molecular complexity index is 807. The molecule has 0 aliphatic carbocycles. The maximum Gasteiger partial charge on any atom is 0.151 e. The van der Waals surface area contributed by atoms with Crippen LogP contribution in [0.15, 0.2) is 36.5 Å². The van der Waals surface area contributed by atoms with Crippen LogP contribution in [0.2, 0.25) is 5.02 Å². The Labute approximate surface area is 133 Å². The fraction of sp³-hybridized carbons (Fsp3) is 0.143. The number of nitrogens with one attached hydrogen (secondary N) is 2. The normalized spacial score (nSPS) is 11.0. The maximum atomic E-state index is 8.69. The number of aromatic nitrogens is 3. The highest BCUT2D eigenvalue weighted by Gasteiger charge is 2.12. The number of nitrogens with zero attached hydrogens (tertiary/aromatic N) is 3. The van der Waals surface area contributed by atoms with Gasteiger partial charge >= 0.3 is 0 Å². The molecular weight excluding hydrogens is 300 g/mol. The lowest BCUT2D eigenvalue weighted by molar-refractivity contribution is 0.171. The van der Waals surface area contributed by atoms with E-state index >= 15 is 0 Å². The molecule has 0 saturated carbocycles. The lowest BCUT2D eigenvalue weighted by atomic mass is 10.0. The van der Waals surface area contributed by atoms with Crippen LogP contribution in [0.25, 0.3) is 16.9 Å². The highest BCUT2D eigenvalue weighted by atomic mass is 35.5. The average Bonchev–Trinajstić information content (AvgIpc) is 2.90. The molecule has 3 aromatic rings. The minimum absolute atomic E-state index is 0.422. The zero-order valence-corrected chi connectivity index (χ0v) is 12.8. The van der Waals surface area contributed by atoms with Crippen molar-refractivity contribution < 1.29 is 5.21 Å². The summed E-state index contributed by atoms with van der Waals surface area (Å²) in [5, 5.41) is 16.9. The molecule has 8 heteroatoms. The summed E-state index contributed by atoms with van der Waals surface area (Å²) >= 11 is 6.28. The van der Waals surface area contributed by atoms with Crippen LogP contribution in [0.1, 0.15) is 0 Å². The van der Waals surface area contributed by atoms with Crippen LogP contribution in [0.3, 0.4) is 0 Å². The maximum absolute atomic E-state index is 8.69. The van der Waals surface area contributed by atoms with Crippen molar-refractivity contribution in [3.63, 3.8) is 0 Å². The topological polar surface area (TPSA) is 74.5 Å². The third kappa shape index (κ3) is 2.78. The molecule has 112 valence electrons. The average molecular weight is 316 g/mol. The highest BCUT2D eigenvalue weighted by Crippen LogP contribution is 2.28. The van der Waals surface area contributed by atoms with Gasteiger partial charge in [0.05, 0.1) is 5.69 Å². The van der Waals surface area contributed by atoms with Crippen LogP contribution in [0.4, 0.5) is 5.82 Å². The van der Waals surface area contributed by atoms with Gasteiger partial charge in [-0.3, -0.25) is 0 Å². The second kappa shape index (κ2) is 6.35. The van der Waals surface area contributed by atoms with Crippen LogP contribution in [-0.4, -0.2) is 40.7 Å². The molecule has 0 amide bonds. The quantitative estimate of drug-likeness (QED) is 0.367. The van der Waals surface area contributed by atoms with Gasteiger partial charge in [-0.15, -0.1) is 0 Å². The van der Waals surface area contributed by atoms with Gasteiger partial charge in [0.15, 0.2) is 5.65 Å². The molecule has 0 atom stereocenters. The van der Waals surface area contributed by atoms with E-state index in [4.69, 9.17) is 16.8 Å². The number of anilines is 1. The Morgan fingerprint density at radius 1 is 1.27 bits per heavy atom. The van der Waals surface area contributed by atoms with Crippen LogP contribution >= 0.6 is 11.6 Å². The molecule has 0 saturated heterocycles. The smallest absolute Gasteiger partial charge is 0.151 e. The van der Waals surface area contributed by atoms with Gasteiger partial charge in [0.25, 0.3) is 0 Å². The fourth-order valence-corrected chi connectivity index (χ4v) is 2.48. The first-order valence-electron chi connectivity index (χ1n) is 6.92. The number of halogens is 1. The monoisotopic (exact) mass is 315 g/mol. The van der Waals surface area contributed by atoms with E-state index < -0.39 is 0 Å². The summed E-state index contributed by atoms with van der Waals surface area (Å²) in [5.41, 5.74) is 5.53. The van der Waals surface area contributed by atoms with E-state index in [1.807, 2.05) is 38.2 Å². The van der Waals surface area contributed by atoms with Crippen molar-refractivity contribution in [2.75, 3.05) is 18.4 Å². The molecule has 6 nitrogen and oxygen atoms in total. The van der Waals surface area contributed by atoms with Crippen LogP contribution in [0.5, 0.6) is 0 Å². The van der Waals surface area contributed by atoms with Gasteiger partial charge in [-0.2, -0.15) is 9.61 Å². The summed E-state index contributed by atoms with van der Waals surface area (Å²) in [5.74, 6) is 0.795. The molecule has 0 bridgehead atoms. The number of benzene rings is 1. The lowest BCUT2D eigenvalue weighted by Gasteiger charge is -2.11. The summed E-state index contributed by atoms with van der Waals surface area (Å²) < 4.78 is 1.74. The fourth-order valence-electron chi connectivity index (χ4n) is 2.25. The number of hydrogen-bond acceptors (Lipinski definition) is 5. The zero-order valence-electron chi connectivity index (χ0n) is 12.0. The minimum Gasteiger partial charge on any atom is -0.369 e. The first-order valence-corrected chi connectivity index (χ1v) is 7.29. The van der Waals surface area contributed by atoms with Crippen molar-refractivity contribution in [1.29, 1.82) is 0 Å². The van der Waals surface area contributed by atoms with Crippen LogP contribution in [-0.2, 0) is 0 Å². The van der Waals surface area contributed by atoms with Gasteiger partial charge < -0.3 is 10.5 Å². The van der Waals surface area contributed by atoms with E-state index in [2.05, 4.69) is 20.9 Å². The third-order valence-corrected chi connectivity index (χ3v) is 3.67. The summed E-state index contributed by atoms with van der Waals surface area (Å²) in [6.45, 7) is 0.974. The van der Waals surface area contributed by atoms with E-state index in [-0.39, 0.29) is 0 Å². The van der Waals surface area contributed by atoms with E-state index in [1.54, 1.807) is 10.7 Å². The first-order chi connectivity index (χ1) is 10.7. The molecule has 1 aromatic carbocycles. The Kier molecular flexibility index (Phi) is 4.28. The molecule has 0 aliphatic rings. The Balaban J connectivity index is 2.11. The predicted molar refractivity (Wildman–Crippen MR) is 89.9 cm³/mol. The van der Waals surface area contributed by atoms with Crippen molar-refractivity contribution in [3.8, 4) is 11.3 Å². The van der Waals surface area contributed by atoms with Gasteiger partial charge in [0, 0.05) is 35.9 Å². The van der Waals surface area contributed by atoms with Gasteiger partial charge in [0.1, 0.15) is 13.7 Å². The van der Waals surface area contributed by atoms with Crippen molar-refractivity contribution in [2.45, 2.75) is 0 Å². The summed E-state index contributed by atoms with van der Waals surface area (Å²) in [6, 6.07) is 9.50. The predicted octanol–water partition coefficient (Wildman–Crippen LogP) is 0.699. The third-order valence-electron chi connectivity index (χ3n) is 3.34. The molecule has 22 heavy (non-hydrogen) atoms. The Hall–Kier alpha value is -2.09. The van der Waals surface area contributed by atoms with Gasteiger partial charge in [0.2, 0.25) is 0 Å². The Morgan fingerprint density at radius 2 is 2.09 bits per heavy atom. The standard InChI is InChI=1S/C14H15BClN5O/c15-10-8-18-21-13(17-5-6-19-22)7-12(20-14(10)21)9-3-1-2-4-11(9)16/h1-4,7-8,17,19,22H,5-6,15H2. The molecule has 0 radical (unpaired) electrons. The SMILES string of the molecule is Bc1cnn2c(NCCNO)cc(-c3ccccc3Cl)nc12. The molecule has 3 rings (SSSR count). The van der Waals surface area contributed by atoms with Crippen molar-refractivity contribution in [1.82, 2.24) is 20.1 Å². The number of hydroxylamine groups is 1. The molecule has 0 aliphatic heterocycles. The van der Waals surface area contributed by atoms with Crippen molar-refractivity contribution >= 4 is 36.4 Å². The lowest BCUT2D eigenvalue weighted by Crippen LogP contribution is -2.20. The summed E-state index contributed by atoms with van der Waals surface area (Å²) in [4.78, 5) is 4.67. The first kappa shape index (κ1) is 14.8. The zero-order chi connectivity index (χ0) is 15.5. The van der Waals surface area contributed by atoms with Crippen molar-refractivity contribution in [3.05, 3.63) is 41.6 Å². The largest absolute Gasteiger partial charge is 0.369 e. The number of hydrogen-bond donors (Lipinski definition) is 3. The van der Waals surface area contributed by atoms with E-state index in [9.17, 15) is 0 Å². The number of rotatable bonds is 5. The second-order valence-electron chi connectivity index (χ2n) is 4.90. The second-order valence-corrected chi connectivity index (χ2v) is 5.31. The van der Waals surface area contributed by atoms with Crippen molar-refractivity contribution in [2.24, 2.45) is 0 Å². The summed E-state index contributed by atoms with van der Waals surface area (Å²) in [6.07, 6.45) is 1.77. The highest BCUT2D eigenvalue weighted by molar-refractivity contribution is 6.36. The van der Waals surface area contributed by atoms with Gasteiger partial charge in [-0.25, -0.2) is 10.5 Å². The molecule has 0 spiro atoms. The van der Waals surface area contributed by atoms with Gasteiger partial charge in [-0.1, -0.05) is 29.8 Å². The minimum atomic E-state index is 0.422. The van der Waals surface area contributed by atoms with Crippen LogP contribution < -0.4 is 16.3 Å². The molecular formula is C14H15BClN5O. The Morgan fingerprint density at radius 3 is 2.86 bits per heavy atom. The van der Waals surface area contributed by atoms with Crippen LogP contribution in [0, 0.1) is 0 Å². The van der Waals surface area contributed by atoms with E-state index in [0.29, 0.717) is 18.1 Å². The van der Waals surface area contributed by atoms with Gasteiger partial charge in [-0.05, 0) is 11.5 Å². The van der Waals surface area contributed by atoms with E-state index in [1.165, 1.54) is 0 Å². The summed E-state index contributed by atoms with van der Waals surface area (Å²) in [7, 11) is 1.96. The molecule has 3 N–H and O–H groups in total.